The first-order valence-corrected chi connectivity index (χ1v) is 1.32. The first-order valence-electron chi connectivity index (χ1n) is 1.32. The van der Waals surface area contributed by atoms with Crippen molar-refractivity contribution in [1.29, 1.82) is 0 Å². The minimum Gasteiger partial charge on any atom is -1.00 e. The van der Waals surface area contributed by atoms with Gasteiger partial charge >= 0.3 is 5.97 Å². The van der Waals surface area contributed by atoms with Crippen molar-refractivity contribution < 1.29 is 41.4 Å². The van der Waals surface area contributed by atoms with Gasteiger partial charge in [-0.3, -0.25) is 0 Å². The van der Waals surface area contributed by atoms with Crippen LogP contribution in [0.15, 0.2) is 0 Å². The normalized spacial score (nSPS) is 4.50. The molecule has 0 saturated carbocycles. The van der Waals surface area contributed by atoms with E-state index in [9.17, 15) is 4.79 Å². The SMILES string of the molecule is [C]#CC(=O)OC.[Cl-].[Zn]. The third-order valence-electron chi connectivity index (χ3n) is 0.287. The Morgan fingerprint density at radius 3 is 2.12 bits per heavy atom. The molecule has 0 bridgehead atoms. The van der Waals surface area contributed by atoms with E-state index < -0.39 is 5.97 Å². The van der Waals surface area contributed by atoms with E-state index in [1.165, 1.54) is 13.0 Å². The fourth-order valence-electron chi connectivity index (χ4n) is 0.0510. The van der Waals surface area contributed by atoms with E-state index in [0.717, 1.165) is 0 Å². The van der Waals surface area contributed by atoms with Gasteiger partial charge in [0.25, 0.3) is 0 Å². The summed E-state index contributed by atoms with van der Waals surface area (Å²) in [7, 11) is 1.20. The Hall–Kier alpha value is -0.0566. The molecule has 0 amide bonds. The van der Waals surface area contributed by atoms with E-state index in [0.29, 0.717) is 0 Å². The molecule has 1 radical (unpaired) electrons. The molecule has 0 unspecified atom stereocenters. The maximum Gasteiger partial charge on any atom is 0.385 e. The summed E-state index contributed by atoms with van der Waals surface area (Å²) in [5.74, 6) is 0.763. The van der Waals surface area contributed by atoms with Crippen LogP contribution in [0.4, 0.5) is 0 Å². The van der Waals surface area contributed by atoms with Gasteiger partial charge in [-0.2, -0.15) is 0 Å². The Bertz CT molecular complexity index is 96.7. The van der Waals surface area contributed by atoms with Crippen molar-refractivity contribution >= 4 is 5.97 Å². The van der Waals surface area contributed by atoms with Crippen LogP contribution in [0.3, 0.4) is 0 Å². The molecule has 0 fully saturated rings. The predicted octanol–water partition coefficient (Wildman–Crippen LogP) is -3.25. The summed E-state index contributed by atoms with van der Waals surface area (Å²) in [4.78, 5) is 9.66. The molecule has 0 aliphatic rings. The largest absolute Gasteiger partial charge is 1.00 e. The Labute approximate surface area is 67.1 Å². The number of carbonyl (C=O) groups is 1. The van der Waals surface area contributed by atoms with Crippen LogP contribution >= 0.6 is 0 Å². The van der Waals surface area contributed by atoms with Gasteiger partial charge in [0.2, 0.25) is 0 Å². The number of rotatable bonds is 0. The molecule has 0 spiro atoms. The molecule has 0 heterocycles. The molecule has 0 N–H and O–H groups in total. The van der Waals surface area contributed by atoms with E-state index in [-0.39, 0.29) is 31.9 Å². The van der Waals surface area contributed by atoms with Gasteiger partial charge in [0.15, 0.2) is 0 Å². The minimum absolute atomic E-state index is 0. The molecule has 0 aromatic rings. The predicted molar refractivity (Wildman–Crippen MR) is 19.1 cm³/mol. The molecule has 2 nitrogen and oxygen atoms in total. The van der Waals surface area contributed by atoms with Crippen LogP contribution in [-0.2, 0) is 29.0 Å². The van der Waals surface area contributed by atoms with Gasteiger partial charge in [-0.25, -0.2) is 4.79 Å². The molecule has 41 valence electrons. The third-order valence-corrected chi connectivity index (χ3v) is 0.287. The Kier molecular flexibility index (Phi) is 19.7. The van der Waals surface area contributed by atoms with Gasteiger partial charge < -0.3 is 17.1 Å². The van der Waals surface area contributed by atoms with E-state index in [1.807, 2.05) is 0 Å². The molecule has 0 aromatic heterocycles. The van der Waals surface area contributed by atoms with Crippen LogP contribution in [0.25, 0.3) is 0 Å². The van der Waals surface area contributed by atoms with Crippen molar-refractivity contribution in [3.05, 3.63) is 6.42 Å². The number of esters is 1. The van der Waals surface area contributed by atoms with Crippen LogP contribution in [0, 0.1) is 12.3 Å². The maximum atomic E-state index is 9.66. The Morgan fingerprint density at radius 1 is 1.75 bits per heavy atom. The first-order chi connectivity index (χ1) is 2.81. The van der Waals surface area contributed by atoms with Crippen LogP contribution < -0.4 is 12.4 Å². The Morgan fingerprint density at radius 2 is 2.12 bits per heavy atom. The second-order valence-electron chi connectivity index (χ2n) is 0.617. The fourth-order valence-corrected chi connectivity index (χ4v) is 0.0510. The van der Waals surface area contributed by atoms with E-state index in [2.05, 4.69) is 4.74 Å². The molecule has 0 rings (SSSR count). The van der Waals surface area contributed by atoms with E-state index in [1.54, 1.807) is 0 Å². The average molecular weight is 184 g/mol. The van der Waals surface area contributed by atoms with Crippen molar-refractivity contribution in [1.82, 2.24) is 0 Å². The summed E-state index contributed by atoms with van der Waals surface area (Å²) in [6.45, 7) is 0. The third kappa shape index (κ3) is 9.34. The molecule has 0 saturated heterocycles. The molecule has 0 aliphatic heterocycles. The molecule has 4 heteroatoms. The van der Waals surface area contributed by atoms with Gasteiger partial charge in [-0.05, 0) is 6.42 Å². The summed E-state index contributed by atoms with van der Waals surface area (Å²) in [5, 5.41) is 0. The summed E-state index contributed by atoms with van der Waals surface area (Å²) < 4.78 is 3.96. The van der Waals surface area contributed by atoms with Gasteiger partial charge in [-0.15, -0.1) is 0 Å². The van der Waals surface area contributed by atoms with Crippen molar-refractivity contribution in [2.24, 2.45) is 0 Å². The zero-order valence-electron chi connectivity index (χ0n) is 4.40. The monoisotopic (exact) mass is 182 g/mol. The molecule has 0 atom stereocenters. The van der Waals surface area contributed by atoms with Gasteiger partial charge in [0, 0.05) is 25.4 Å². The van der Waals surface area contributed by atoms with Gasteiger partial charge in [0.1, 0.15) is 0 Å². The van der Waals surface area contributed by atoms with E-state index in [4.69, 9.17) is 6.42 Å². The number of carbonyl (C=O) groups excluding carboxylic acids is 1. The minimum atomic E-state index is -0.741. The first kappa shape index (κ1) is 15.7. The van der Waals surface area contributed by atoms with Crippen LogP contribution in [0.2, 0.25) is 0 Å². The second-order valence-corrected chi connectivity index (χ2v) is 0.617. The summed E-state index contributed by atoms with van der Waals surface area (Å²) in [6, 6.07) is 0. The number of hydrogen-bond donors (Lipinski definition) is 0. The van der Waals surface area contributed by atoms with Crippen molar-refractivity contribution in [2.75, 3.05) is 7.11 Å². The van der Waals surface area contributed by atoms with Crippen molar-refractivity contribution in [3.8, 4) is 5.92 Å². The number of halogens is 1. The number of ether oxygens (including phenoxy) is 1. The molecular formula is C4H3ClO2Zn-. The van der Waals surface area contributed by atoms with Crippen LogP contribution in [0.1, 0.15) is 0 Å². The zero-order valence-corrected chi connectivity index (χ0v) is 8.12. The quantitative estimate of drug-likeness (QED) is 0.224. The molecule has 0 aliphatic carbocycles. The van der Waals surface area contributed by atoms with Crippen molar-refractivity contribution in [3.63, 3.8) is 0 Å². The topological polar surface area (TPSA) is 26.3 Å². The summed E-state index contributed by atoms with van der Waals surface area (Å²) >= 11 is 0. The average Bonchev–Trinajstić information content (AvgIpc) is 1.65. The van der Waals surface area contributed by atoms with Gasteiger partial charge in [0.05, 0.1) is 7.11 Å². The van der Waals surface area contributed by atoms with Gasteiger partial charge in [-0.1, -0.05) is 0 Å². The zero-order chi connectivity index (χ0) is 4.99. The summed E-state index contributed by atoms with van der Waals surface area (Å²) in [5.41, 5.74) is 0. The van der Waals surface area contributed by atoms with E-state index >= 15 is 0 Å². The summed E-state index contributed by atoms with van der Waals surface area (Å²) in [6.07, 6.45) is 6.08. The van der Waals surface area contributed by atoms with Crippen molar-refractivity contribution in [2.45, 2.75) is 0 Å². The maximum absolute atomic E-state index is 9.66. The standard InChI is InChI=1S/C4H3O2.ClH.Zn/c1-3-4(5)6-2;;/h2H3;1H;/p-1. The molecule has 0 aromatic carbocycles. The molecule has 8 heavy (non-hydrogen) atoms. The fraction of sp³-hybridized carbons (Fsp3) is 0.250. The Balaban J connectivity index is -0.000000125. The number of methoxy groups -OCH3 is 1. The van der Waals surface area contributed by atoms with Crippen LogP contribution in [0.5, 0.6) is 0 Å². The van der Waals surface area contributed by atoms with Crippen LogP contribution in [-0.4, -0.2) is 13.1 Å². The molecular weight excluding hydrogens is 181 g/mol. The number of hydrogen-bond acceptors (Lipinski definition) is 2. The second kappa shape index (κ2) is 10.0. The smallest absolute Gasteiger partial charge is 0.385 e.